The monoisotopic (exact) mass is 653 g/mol. The molecule has 0 bridgehead atoms. The van der Waals surface area contributed by atoms with Crippen LogP contribution in [-0.4, -0.2) is 90.9 Å². The smallest absolute Gasteiger partial charge is 0.410 e. The van der Waals surface area contributed by atoms with Gasteiger partial charge in [0, 0.05) is 69.9 Å². The molecule has 0 spiro atoms. The number of nitrogens with two attached hydrogens (primary N) is 1. The van der Waals surface area contributed by atoms with E-state index >= 15 is 0 Å². The lowest BCUT2D eigenvalue weighted by Gasteiger charge is -2.37. The fourth-order valence-electron chi connectivity index (χ4n) is 5.52. The Bertz CT molecular complexity index is 1620. The summed E-state index contributed by atoms with van der Waals surface area (Å²) in [6.45, 7) is 11.4. The topological polar surface area (TPSA) is 146 Å². The highest BCUT2D eigenvalue weighted by Crippen LogP contribution is 2.36. The van der Waals surface area contributed by atoms with Gasteiger partial charge in [-0.05, 0) is 74.6 Å². The van der Waals surface area contributed by atoms with Crippen LogP contribution in [0.2, 0.25) is 0 Å². The number of nitrogens with zero attached hydrogens (tertiary/aromatic N) is 4. The molecule has 4 rings (SSSR count). The van der Waals surface area contributed by atoms with Gasteiger partial charge in [-0.3, -0.25) is 4.79 Å². The second-order valence-electron chi connectivity index (χ2n) is 13.0. The lowest BCUT2D eigenvalue weighted by Crippen LogP contribution is -2.51. The standard InChI is InChI=1S/C34H47N5O6S/c1-7-13-38(14-8-2)32(41)27-15-25-10-9-24(16-30(25)36-31(35)17-27)29-18-28(46(43,44)39-19-23(20-39)22-40)12-11-26(29)21-37(6)33(42)45-34(3,4)5/h9-12,15-16,18,23,40H,7-8,13-14,17,19-22H2,1-6H3,(H2,35,36). The average molecular weight is 654 g/mol. The summed E-state index contributed by atoms with van der Waals surface area (Å²) in [4.78, 5) is 34.3. The first-order valence-electron chi connectivity index (χ1n) is 15.8. The normalized spacial score (nSPS) is 15.6. The Morgan fingerprint density at radius 2 is 1.76 bits per heavy atom. The number of sulfonamides is 1. The third kappa shape index (κ3) is 8.15. The van der Waals surface area contributed by atoms with Crippen LogP contribution in [0.4, 0.5) is 10.5 Å². The van der Waals surface area contributed by atoms with E-state index in [4.69, 9.17) is 10.5 Å². The van der Waals surface area contributed by atoms with Crippen molar-refractivity contribution >= 4 is 39.6 Å². The van der Waals surface area contributed by atoms with Crippen molar-refractivity contribution < 1.29 is 27.9 Å². The third-order valence-electron chi connectivity index (χ3n) is 7.87. The van der Waals surface area contributed by atoms with Gasteiger partial charge in [0.25, 0.3) is 0 Å². The Kier molecular flexibility index (Phi) is 11.0. The zero-order valence-electron chi connectivity index (χ0n) is 27.7. The number of amidine groups is 1. The minimum Gasteiger partial charge on any atom is -0.444 e. The molecule has 0 radical (unpaired) electrons. The highest BCUT2D eigenvalue weighted by Gasteiger charge is 2.36. The highest BCUT2D eigenvalue weighted by atomic mass is 32.2. The van der Waals surface area contributed by atoms with E-state index in [0.29, 0.717) is 46.9 Å². The molecule has 11 nitrogen and oxygen atoms in total. The van der Waals surface area contributed by atoms with Crippen molar-refractivity contribution in [3.63, 3.8) is 0 Å². The predicted octanol–water partition coefficient (Wildman–Crippen LogP) is 4.76. The molecule has 2 amide bonds. The van der Waals surface area contributed by atoms with Gasteiger partial charge in [-0.1, -0.05) is 32.0 Å². The van der Waals surface area contributed by atoms with E-state index in [1.165, 1.54) is 9.21 Å². The maximum Gasteiger partial charge on any atom is 0.410 e. The number of aliphatic hydroxyl groups is 1. The Balaban J connectivity index is 1.76. The summed E-state index contributed by atoms with van der Waals surface area (Å²) in [5.74, 6) is 0.171. The molecule has 3 N–H and O–H groups in total. The molecule has 1 saturated heterocycles. The minimum absolute atomic E-state index is 0.0569. The molecule has 0 saturated carbocycles. The lowest BCUT2D eigenvalue weighted by molar-refractivity contribution is -0.127. The minimum atomic E-state index is -3.81. The molecule has 0 unspecified atom stereocenters. The van der Waals surface area contributed by atoms with E-state index in [2.05, 4.69) is 4.99 Å². The quantitative estimate of drug-likeness (QED) is 0.356. The molecule has 2 aromatic carbocycles. The van der Waals surface area contributed by atoms with Gasteiger partial charge >= 0.3 is 6.09 Å². The van der Waals surface area contributed by atoms with Gasteiger partial charge in [-0.2, -0.15) is 4.31 Å². The number of aliphatic hydroxyl groups excluding tert-OH is 1. The van der Waals surface area contributed by atoms with Crippen LogP contribution in [0, 0.1) is 5.92 Å². The first-order chi connectivity index (χ1) is 21.7. The van der Waals surface area contributed by atoms with Crippen molar-refractivity contribution in [2.45, 2.75) is 70.9 Å². The summed E-state index contributed by atoms with van der Waals surface area (Å²) in [6, 6.07) is 10.4. The van der Waals surface area contributed by atoms with Crippen LogP contribution in [0.25, 0.3) is 17.2 Å². The summed E-state index contributed by atoms with van der Waals surface area (Å²) < 4.78 is 33.9. The van der Waals surface area contributed by atoms with Crippen LogP contribution in [0.15, 0.2) is 51.9 Å². The van der Waals surface area contributed by atoms with Crippen LogP contribution in [0.5, 0.6) is 0 Å². The number of fused-ring (bicyclic) bond motifs is 1. The molecule has 46 heavy (non-hydrogen) atoms. The van der Waals surface area contributed by atoms with Gasteiger partial charge in [0.05, 0.1) is 10.6 Å². The van der Waals surface area contributed by atoms with Crippen molar-refractivity contribution in [2.24, 2.45) is 16.6 Å². The Morgan fingerprint density at radius 3 is 2.37 bits per heavy atom. The summed E-state index contributed by atoms with van der Waals surface area (Å²) in [6.07, 6.45) is 3.25. The Labute approximate surface area is 272 Å². The number of hydrogen-bond acceptors (Lipinski definition) is 8. The van der Waals surface area contributed by atoms with Crippen LogP contribution < -0.4 is 5.73 Å². The largest absolute Gasteiger partial charge is 0.444 e. The van der Waals surface area contributed by atoms with E-state index in [-0.39, 0.29) is 49.4 Å². The fourth-order valence-corrected chi connectivity index (χ4v) is 7.14. The van der Waals surface area contributed by atoms with Gasteiger partial charge < -0.3 is 25.4 Å². The van der Waals surface area contributed by atoms with E-state index in [1.54, 1.807) is 46.0 Å². The summed E-state index contributed by atoms with van der Waals surface area (Å²) in [5, 5.41) is 9.42. The first-order valence-corrected chi connectivity index (χ1v) is 17.3. The Morgan fingerprint density at radius 1 is 1.09 bits per heavy atom. The molecule has 1 fully saturated rings. The van der Waals surface area contributed by atoms with Gasteiger partial charge in [0.1, 0.15) is 11.4 Å². The molecule has 12 heteroatoms. The number of hydrogen-bond donors (Lipinski definition) is 2. The van der Waals surface area contributed by atoms with Crippen LogP contribution >= 0.6 is 0 Å². The number of amides is 2. The van der Waals surface area contributed by atoms with Crippen LogP contribution in [-0.2, 0) is 26.1 Å². The molecule has 0 atom stereocenters. The van der Waals surface area contributed by atoms with Crippen molar-refractivity contribution in [3.8, 4) is 11.1 Å². The molecule has 250 valence electrons. The summed E-state index contributed by atoms with van der Waals surface area (Å²) in [5.41, 5.74) is 9.50. The van der Waals surface area contributed by atoms with Crippen molar-refractivity contribution in [1.82, 2.24) is 14.1 Å². The van der Waals surface area contributed by atoms with Crippen LogP contribution in [0.3, 0.4) is 0 Å². The molecule has 0 aliphatic carbocycles. The van der Waals surface area contributed by atoms with Crippen molar-refractivity contribution in [2.75, 3.05) is 39.8 Å². The van der Waals surface area contributed by atoms with E-state index in [0.717, 1.165) is 18.4 Å². The first kappa shape index (κ1) is 35.1. The second-order valence-corrected chi connectivity index (χ2v) is 15.0. The van der Waals surface area contributed by atoms with E-state index in [9.17, 15) is 23.1 Å². The number of benzene rings is 2. The number of rotatable bonds is 11. The van der Waals surface area contributed by atoms with Gasteiger partial charge in [0.15, 0.2) is 0 Å². The Hall–Kier alpha value is -3.74. The maximum atomic E-state index is 13.5. The molecular formula is C34H47N5O6S. The van der Waals surface area contributed by atoms with E-state index in [1.807, 2.05) is 43.0 Å². The second kappa shape index (κ2) is 14.4. The zero-order chi connectivity index (χ0) is 33.8. The molecule has 2 aromatic rings. The number of carbonyl (C=O) groups is 2. The average Bonchev–Trinajstić information content (AvgIpc) is 3.12. The number of aliphatic imine (C=N–C) groups is 1. The molecule has 2 aliphatic rings. The maximum absolute atomic E-state index is 13.5. The summed E-state index contributed by atoms with van der Waals surface area (Å²) >= 11 is 0. The van der Waals surface area contributed by atoms with Crippen LogP contribution in [0.1, 0.15) is 65.0 Å². The van der Waals surface area contributed by atoms with E-state index < -0.39 is 21.7 Å². The summed E-state index contributed by atoms with van der Waals surface area (Å²) in [7, 11) is -2.18. The predicted molar refractivity (Wildman–Crippen MR) is 180 cm³/mol. The SMILES string of the molecule is CCCN(CCC)C(=O)C1=Cc2ccc(-c3cc(S(=O)(=O)N4CC(CO)C4)ccc3CN(C)C(=O)OC(C)(C)C)cc2N=C(N)C1. The third-order valence-corrected chi connectivity index (χ3v) is 9.70. The highest BCUT2D eigenvalue weighted by molar-refractivity contribution is 7.89. The van der Waals surface area contributed by atoms with Gasteiger partial charge in [-0.25, -0.2) is 18.2 Å². The lowest BCUT2D eigenvalue weighted by atomic mass is 9.96. The van der Waals surface area contributed by atoms with Gasteiger partial charge in [-0.15, -0.1) is 0 Å². The van der Waals surface area contributed by atoms with Crippen molar-refractivity contribution in [1.29, 1.82) is 0 Å². The molecule has 0 aromatic heterocycles. The van der Waals surface area contributed by atoms with Crippen molar-refractivity contribution in [3.05, 3.63) is 53.1 Å². The molecular weight excluding hydrogens is 606 g/mol. The van der Waals surface area contributed by atoms with Gasteiger partial charge in [0.2, 0.25) is 15.9 Å². The molecule has 2 heterocycles. The number of carbonyl (C=O) groups excluding carboxylic acids is 2. The zero-order valence-corrected chi connectivity index (χ0v) is 28.6. The fraction of sp³-hybridized carbons (Fsp3) is 0.500. The number of ether oxygens (including phenoxy) is 1. The molecule has 2 aliphatic heterocycles.